The maximum atomic E-state index is 4.34. The molecule has 1 unspecified atom stereocenters. The quantitative estimate of drug-likeness (QED) is 0.831. The maximum Gasteiger partial charge on any atom is 0.225 e. The summed E-state index contributed by atoms with van der Waals surface area (Å²) in [5.74, 6) is 1.56. The Kier molecular flexibility index (Phi) is 3.72. The van der Waals surface area contributed by atoms with Crippen LogP contribution in [0.3, 0.4) is 0 Å². The van der Waals surface area contributed by atoms with Crippen molar-refractivity contribution in [3.8, 4) is 0 Å². The van der Waals surface area contributed by atoms with Crippen LogP contribution < -0.4 is 10.2 Å². The number of aromatic nitrogens is 2. The van der Waals surface area contributed by atoms with Gasteiger partial charge in [0.15, 0.2) is 0 Å². The Morgan fingerprint density at radius 2 is 2.19 bits per heavy atom. The standard InChI is InChI=1S/C12H20N4/c1-10-6-14-12(15-7-10)16(2)9-11-4-3-5-13-8-11/h6-7,11,13H,3-5,8-9H2,1-2H3. The fourth-order valence-electron chi connectivity index (χ4n) is 2.13. The van der Waals surface area contributed by atoms with Gasteiger partial charge < -0.3 is 10.2 Å². The first-order chi connectivity index (χ1) is 7.75. The fraction of sp³-hybridized carbons (Fsp3) is 0.667. The summed E-state index contributed by atoms with van der Waals surface area (Å²) in [6.07, 6.45) is 6.34. The van der Waals surface area contributed by atoms with Gasteiger partial charge >= 0.3 is 0 Å². The number of nitrogens with zero attached hydrogens (tertiary/aromatic N) is 3. The summed E-state index contributed by atoms with van der Waals surface area (Å²) in [6.45, 7) is 5.34. The van der Waals surface area contributed by atoms with E-state index >= 15 is 0 Å². The highest BCUT2D eigenvalue weighted by molar-refractivity contribution is 5.28. The summed E-state index contributed by atoms with van der Waals surface area (Å²) in [5.41, 5.74) is 1.11. The summed E-state index contributed by atoms with van der Waals surface area (Å²) in [5, 5.41) is 3.43. The fourth-order valence-corrected chi connectivity index (χ4v) is 2.13. The monoisotopic (exact) mass is 220 g/mol. The Bertz CT molecular complexity index is 316. The maximum absolute atomic E-state index is 4.34. The van der Waals surface area contributed by atoms with E-state index in [0.717, 1.165) is 30.5 Å². The van der Waals surface area contributed by atoms with Gasteiger partial charge in [-0.15, -0.1) is 0 Å². The third-order valence-corrected chi connectivity index (χ3v) is 3.04. The Hall–Kier alpha value is -1.16. The number of hydrogen-bond donors (Lipinski definition) is 1. The van der Waals surface area contributed by atoms with E-state index in [1.807, 2.05) is 19.3 Å². The molecule has 0 aliphatic carbocycles. The van der Waals surface area contributed by atoms with Crippen molar-refractivity contribution in [1.29, 1.82) is 0 Å². The van der Waals surface area contributed by atoms with Crippen LogP contribution in [0.2, 0.25) is 0 Å². The SMILES string of the molecule is Cc1cnc(N(C)CC2CCCNC2)nc1. The van der Waals surface area contributed by atoms with Crippen molar-refractivity contribution >= 4 is 5.95 Å². The lowest BCUT2D eigenvalue weighted by Crippen LogP contribution is -2.37. The number of piperidine rings is 1. The zero-order chi connectivity index (χ0) is 11.4. The molecule has 16 heavy (non-hydrogen) atoms. The van der Waals surface area contributed by atoms with Gasteiger partial charge in [0.1, 0.15) is 0 Å². The number of anilines is 1. The lowest BCUT2D eigenvalue weighted by molar-refractivity contribution is 0.380. The zero-order valence-corrected chi connectivity index (χ0v) is 10.1. The van der Waals surface area contributed by atoms with Gasteiger partial charge in [-0.25, -0.2) is 9.97 Å². The van der Waals surface area contributed by atoms with E-state index in [4.69, 9.17) is 0 Å². The Morgan fingerprint density at radius 3 is 2.81 bits per heavy atom. The van der Waals surface area contributed by atoms with E-state index in [1.165, 1.54) is 19.4 Å². The average molecular weight is 220 g/mol. The predicted octanol–water partition coefficient (Wildman–Crippen LogP) is 1.22. The van der Waals surface area contributed by atoms with Gasteiger partial charge in [0.05, 0.1) is 0 Å². The van der Waals surface area contributed by atoms with Gasteiger partial charge in [0.2, 0.25) is 5.95 Å². The van der Waals surface area contributed by atoms with Gasteiger partial charge in [0, 0.05) is 26.0 Å². The summed E-state index contributed by atoms with van der Waals surface area (Å²) >= 11 is 0. The van der Waals surface area contributed by atoms with Gasteiger partial charge in [-0.05, 0) is 44.3 Å². The van der Waals surface area contributed by atoms with E-state index in [9.17, 15) is 0 Å². The van der Waals surface area contributed by atoms with Gasteiger partial charge in [-0.3, -0.25) is 0 Å². The van der Waals surface area contributed by atoms with Crippen molar-refractivity contribution in [3.05, 3.63) is 18.0 Å². The highest BCUT2D eigenvalue weighted by atomic mass is 15.2. The van der Waals surface area contributed by atoms with Crippen molar-refractivity contribution in [3.63, 3.8) is 0 Å². The Balaban J connectivity index is 1.91. The average Bonchev–Trinajstić information content (AvgIpc) is 2.31. The molecule has 0 radical (unpaired) electrons. The molecule has 1 atom stereocenters. The number of aryl methyl sites for hydroxylation is 1. The second-order valence-electron chi connectivity index (χ2n) is 4.65. The van der Waals surface area contributed by atoms with Crippen LogP contribution in [-0.4, -0.2) is 36.6 Å². The molecule has 1 aromatic heterocycles. The van der Waals surface area contributed by atoms with Crippen LogP contribution in [0.4, 0.5) is 5.95 Å². The highest BCUT2D eigenvalue weighted by Crippen LogP contribution is 2.13. The molecular weight excluding hydrogens is 200 g/mol. The lowest BCUT2D eigenvalue weighted by atomic mass is 9.99. The summed E-state index contributed by atoms with van der Waals surface area (Å²) < 4.78 is 0. The minimum atomic E-state index is 0.726. The third kappa shape index (κ3) is 2.92. The molecule has 88 valence electrons. The number of rotatable bonds is 3. The summed E-state index contributed by atoms with van der Waals surface area (Å²) in [7, 11) is 2.07. The first-order valence-electron chi connectivity index (χ1n) is 5.96. The molecule has 1 aromatic rings. The van der Waals surface area contributed by atoms with E-state index < -0.39 is 0 Å². The van der Waals surface area contributed by atoms with Gasteiger partial charge in [-0.2, -0.15) is 0 Å². The minimum absolute atomic E-state index is 0.726. The molecular formula is C12H20N4. The van der Waals surface area contributed by atoms with Crippen LogP contribution in [0.1, 0.15) is 18.4 Å². The second kappa shape index (κ2) is 5.25. The topological polar surface area (TPSA) is 41.1 Å². The lowest BCUT2D eigenvalue weighted by Gasteiger charge is -2.27. The molecule has 1 saturated heterocycles. The van der Waals surface area contributed by atoms with Crippen molar-refractivity contribution in [2.75, 3.05) is 31.6 Å². The molecule has 1 aliphatic heterocycles. The zero-order valence-electron chi connectivity index (χ0n) is 10.1. The highest BCUT2D eigenvalue weighted by Gasteiger charge is 2.16. The molecule has 0 spiro atoms. The molecule has 0 amide bonds. The molecule has 2 heterocycles. The molecule has 1 aliphatic rings. The number of hydrogen-bond acceptors (Lipinski definition) is 4. The molecule has 0 saturated carbocycles. The normalized spacial score (nSPS) is 20.8. The van der Waals surface area contributed by atoms with Crippen molar-refractivity contribution < 1.29 is 0 Å². The van der Waals surface area contributed by atoms with Gasteiger partial charge in [-0.1, -0.05) is 0 Å². The van der Waals surface area contributed by atoms with Crippen molar-refractivity contribution in [2.45, 2.75) is 19.8 Å². The summed E-state index contributed by atoms with van der Waals surface area (Å²) in [6, 6.07) is 0. The third-order valence-electron chi connectivity index (χ3n) is 3.04. The Morgan fingerprint density at radius 1 is 1.44 bits per heavy atom. The minimum Gasteiger partial charge on any atom is -0.344 e. The second-order valence-corrected chi connectivity index (χ2v) is 4.65. The van der Waals surface area contributed by atoms with E-state index in [-0.39, 0.29) is 0 Å². The van der Waals surface area contributed by atoms with E-state index in [0.29, 0.717) is 0 Å². The van der Waals surface area contributed by atoms with Crippen LogP contribution in [0.15, 0.2) is 12.4 Å². The van der Waals surface area contributed by atoms with E-state index in [2.05, 4.69) is 27.2 Å². The molecule has 0 aromatic carbocycles. The smallest absolute Gasteiger partial charge is 0.225 e. The number of nitrogens with one attached hydrogen (secondary N) is 1. The first-order valence-corrected chi connectivity index (χ1v) is 5.96. The van der Waals surface area contributed by atoms with Crippen molar-refractivity contribution in [1.82, 2.24) is 15.3 Å². The van der Waals surface area contributed by atoms with Crippen LogP contribution in [0, 0.1) is 12.8 Å². The van der Waals surface area contributed by atoms with Gasteiger partial charge in [0.25, 0.3) is 0 Å². The van der Waals surface area contributed by atoms with Crippen molar-refractivity contribution in [2.24, 2.45) is 5.92 Å². The van der Waals surface area contributed by atoms with Crippen LogP contribution in [0.5, 0.6) is 0 Å². The molecule has 2 rings (SSSR count). The Labute approximate surface area is 97.1 Å². The molecule has 0 bridgehead atoms. The molecule has 1 fully saturated rings. The molecule has 4 heteroatoms. The van der Waals surface area contributed by atoms with Crippen LogP contribution in [0.25, 0.3) is 0 Å². The van der Waals surface area contributed by atoms with Crippen LogP contribution >= 0.6 is 0 Å². The summed E-state index contributed by atoms with van der Waals surface area (Å²) in [4.78, 5) is 10.8. The van der Waals surface area contributed by atoms with E-state index in [1.54, 1.807) is 0 Å². The first kappa shape index (κ1) is 11.3. The van der Waals surface area contributed by atoms with Crippen LogP contribution in [-0.2, 0) is 0 Å². The predicted molar refractivity (Wildman–Crippen MR) is 65.6 cm³/mol. The molecule has 4 nitrogen and oxygen atoms in total. The largest absolute Gasteiger partial charge is 0.344 e. The molecule has 1 N–H and O–H groups in total.